The third-order valence-electron chi connectivity index (χ3n) is 13.0. The van der Waals surface area contributed by atoms with Crippen LogP contribution in [0.25, 0.3) is 0 Å². The average molecular weight is 923 g/mol. The van der Waals surface area contributed by atoms with E-state index in [9.17, 15) is 24.0 Å². The van der Waals surface area contributed by atoms with Crippen molar-refractivity contribution in [3.8, 4) is 0 Å². The molecule has 0 aliphatic rings. The van der Waals surface area contributed by atoms with Crippen molar-refractivity contribution >= 4 is 35.3 Å². The summed E-state index contributed by atoms with van der Waals surface area (Å²) >= 11 is 0. The molecule has 0 aliphatic heterocycles. The van der Waals surface area contributed by atoms with Crippen LogP contribution in [0.5, 0.6) is 0 Å². The second kappa shape index (κ2) is 28.6. The maximum atomic E-state index is 14.7. The predicted molar refractivity (Wildman–Crippen MR) is 264 cm³/mol. The highest BCUT2D eigenvalue weighted by Crippen LogP contribution is 2.27. The molecule has 0 radical (unpaired) electrons. The average Bonchev–Trinajstić information content (AvgIpc) is 3.28. The number of ether oxygens (including phenoxy) is 3. The first-order valence-corrected chi connectivity index (χ1v) is 24.1. The zero-order chi connectivity index (χ0) is 49.8. The molecule has 9 atom stereocenters. The number of benzene rings is 2. The molecule has 0 heterocycles. The number of nitrogens with one attached hydrogen (secondary N) is 3. The normalized spacial score (nSPS) is 15.8. The molecule has 0 fully saturated rings. The number of nitrogens with zero attached hydrogens (tertiary/aromatic N) is 3. The van der Waals surface area contributed by atoms with Crippen LogP contribution in [-0.4, -0.2) is 141 Å². The van der Waals surface area contributed by atoms with E-state index >= 15 is 0 Å². The van der Waals surface area contributed by atoms with Gasteiger partial charge in [-0.2, -0.15) is 0 Å². The largest absolute Gasteiger partial charge is 0.467 e. The molecular formula is C52H86N6O8. The lowest BCUT2D eigenvalue weighted by Crippen LogP contribution is -2.60. The molecule has 14 heteroatoms. The van der Waals surface area contributed by atoms with Crippen molar-refractivity contribution < 1.29 is 38.2 Å². The topological polar surface area (TPSA) is 159 Å². The second-order valence-corrected chi connectivity index (χ2v) is 18.9. The summed E-state index contributed by atoms with van der Waals surface area (Å²) in [6, 6.07) is 14.9. The fourth-order valence-electron chi connectivity index (χ4n) is 9.11. The lowest BCUT2D eigenvalue weighted by atomic mass is 9.89. The molecule has 0 unspecified atom stereocenters. The molecule has 14 nitrogen and oxygen atoms in total. The van der Waals surface area contributed by atoms with Gasteiger partial charge >= 0.3 is 5.97 Å². The van der Waals surface area contributed by atoms with Crippen molar-refractivity contribution in [3.05, 3.63) is 65.7 Å². The standard InChI is InChI=1S/C52H86N6O8/c1-17-36(10)47(57(13)51(62)45(33(4)5)55-50(61)46(34(6)7)56(12)30-29-38-25-27-40(28-26-38)53-35(8)9)43(64-14)32-44(59)58(19-3)42(18-2)48(65-15)37(11)49(60)54-41(52(63)66-16)31-39-23-21-20-22-24-39/h20-28,33-37,41-43,45-48,53H,17-19,29-32H2,1-16H3,(H,54,60)(H,55,61)/t36-,37+,41-,42-,43+,45-,46-,47-,48+/m0/s1. The van der Waals surface area contributed by atoms with E-state index < -0.39 is 60.2 Å². The fourth-order valence-corrected chi connectivity index (χ4v) is 9.11. The molecular weight excluding hydrogens is 837 g/mol. The Balaban J connectivity index is 2.31. The maximum Gasteiger partial charge on any atom is 0.328 e. The molecule has 2 rings (SSSR count). The van der Waals surface area contributed by atoms with Crippen LogP contribution in [0.2, 0.25) is 0 Å². The predicted octanol–water partition coefficient (Wildman–Crippen LogP) is 6.60. The molecule has 372 valence electrons. The number of esters is 1. The van der Waals surface area contributed by atoms with Crippen LogP contribution in [0.15, 0.2) is 54.6 Å². The van der Waals surface area contributed by atoms with Gasteiger partial charge in [-0.1, -0.05) is 104 Å². The number of hydrogen-bond acceptors (Lipinski definition) is 10. The Hall–Kier alpha value is -4.53. The molecule has 4 amide bonds. The van der Waals surface area contributed by atoms with Crippen molar-refractivity contribution in [3.63, 3.8) is 0 Å². The molecule has 0 aliphatic carbocycles. The van der Waals surface area contributed by atoms with Gasteiger partial charge in [-0.05, 0) is 81.7 Å². The number of amides is 4. The van der Waals surface area contributed by atoms with E-state index in [4.69, 9.17) is 14.2 Å². The van der Waals surface area contributed by atoms with E-state index in [0.717, 1.165) is 17.7 Å². The van der Waals surface area contributed by atoms with Crippen molar-refractivity contribution in [2.45, 2.75) is 157 Å². The van der Waals surface area contributed by atoms with Gasteiger partial charge in [0.2, 0.25) is 23.6 Å². The Bertz CT molecular complexity index is 1780. The van der Waals surface area contributed by atoms with E-state index in [0.29, 0.717) is 32.0 Å². The monoisotopic (exact) mass is 923 g/mol. The minimum atomic E-state index is -0.915. The maximum absolute atomic E-state index is 14.7. The molecule has 0 saturated carbocycles. The summed E-state index contributed by atoms with van der Waals surface area (Å²) < 4.78 is 17.1. The number of hydrogen-bond donors (Lipinski definition) is 3. The molecule has 3 N–H and O–H groups in total. The van der Waals surface area contributed by atoms with E-state index in [1.54, 1.807) is 30.9 Å². The number of likely N-dealkylation sites (N-methyl/N-ethyl adjacent to an activating group) is 3. The smallest absolute Gasteiger partial charge is 0.328 e. The van der Waals surface area contributed by atoms with Crippen LogP contribution >= 0.6 is 0 Å². The molecule has 2 aromatic rings. The third-order valence-corrected chi connectivity index (χ3v) is 13.0. The number of carbonyl (C=O) groups is 5. The van der Waals surface area contributed by atoms with Gasteiger partial charge in [0.05, 0.1) is 49.8 Å². The fraction of sp³-hybridized carbons (Fsp3) is 0.673. The van der Waals surface area contributed by atoms with Gasteiger partial charge < -0.3 is 40.0 Å². The van der Waals surface area contributed by atoms with Crippen LogP contribution in [-0.2, 0) is 51.0 Å². The van der Waals surface area contributed by atoms with Crippen molar-refractivity contribution in [1.82, 2.24) is 25.3 Å². The summed E-state index contributed by atoms with van der Waals surface area (Å²) in [6.07, 6.45) is 0.753. The van der Waals surface area contributed by atoms with Gasteiger partial charge in [-0.3, -0.25) is 24.1 Å². The van der Waals surface area contributed by atoms with E-state index in [-0.39, 0.29) is 48.3 Å². The first-order valence-electron chi connectivity index (χ1n) is 24.1. The molecule has 2 aromatic carbocycles. The van der Waals surface area contributed by atoms with Crippen molar-refractivity contribution in [2.24, 2.45) is 23.7 Å². The number of rotatable bonds is 29. The summed E-state index contributed by atoms with van der Waals surface area (Å²) in [6.45, 7) is 22.7. The van der Waals surface area contributed by atoms with Gasteiger partial charge in [-0.25, -0.2) is 4.79 Å². The molecule has 0 saturated heterocycles. The van der Waals surface area contributed by atoms with Crippen LogP contribution in [0.1, 0.15) is 107 Å². The molecule has 0 aromatic heterocycles. The quantitative estimate of drug-likeness (QED) is 0.0760. The van der Waals surface area contributed by atoms with Crippen molar-refractivity contribution in [2.75, 3.05) is 53.8 Å². The molecule has 0 bridgehead atoms. The Labute approximate surface area is 397 Å². The summed E-state index contributed by atoms with van der Waals surface area (Å²) in [5, 5.41) is 9.44. The second-order valence-electron chi connectivity index (χ2n) is 18.9. The van der Waals surface area contributed by atoms with Crippen LogP contribution in [0, 0.1) is 23.7 Å². The summed E-state index contributed by atoms with van der Waals surface area (Å²) in [4.78, 5) is 75.5. The van der Waals surface area contributed by atoms with E-state index in [1.807, 2.05) is 92.8 Å². The highest BCUT2D eigenvalue weighted by Gasteiger charge is 2.42. The Morgan fingerprint density at radius 3 is 1.82 bits per heavy atom. The Morgan fingerprint density at radius 1 is 0.712 bits per heavy atom. The van der Waals surface area contributed by atoms with Gasteiger partial charge in [0.1, 0.15) is 12.1 Å². The number of anilines is 1. The number of carbonyl (C=O) groups excluding carboxylic acids is 5. The SMILES string of the molecule is CC[C@H](C)[C@@H]([C@@H](CC(=O)N(CC)[C@@H](CC)[C@H](OC)[C@@H](C)C(=O)N[C@@H](Cc1ccccc1)C(=O)OC)OC)N(C)C(=O)[C@@H](NC(=O)[C@H](C(C)C)N(C)CCc1ccc(NC(C)C)cc1)C(C)C. The molecule has 0 spiro atoms. The highest BCUT2D eigenvalue weighted by molar-refractivity contribution is 5.90. The first-order chi connectivity index (χ1) is 31.2. The minimum absolute atomic E-state index is 0.0232. The van der Waals surface area contributed by atoms with Crippen LogP contribution in [0.4, 0.5) is 5.69 Å². The van der Waals surface area contributed by atoms with Crippen LogP contribution < -0.4 is 16.0 Å². The lowest BCUT2D eigenvalue weighted by molar-refractivity contribution is -0.150. The highest BCUT2D eigenvalue weighted by atomic mass is 16.5. The zero-order valence-corrected chi connectivity index (χ0v) is 43.2. The van der Waals surface area contributed by atoms with Gasteiger partial charge in [0.15, 0.2) is 0 Å². The van der Waals surface area contributed by atoms with Crippen LogP contribution in [0.3, 0.4) is 0 Å². The zero-order valence-electron chi connectivity index (χ0n) is 43.2. The van der Waals surface area contributed by atoms with Gasteiger partial charge in [0.25, 0.3) is 0 Å². The summed E-state index contributed by atoms with van der Waals surface area (Å²) in [7, 11) is 8.05. The van der Waals surface area contributed by atoms with E-state index in [2.05, 4.69) is 59.0 Å². The van der Waals surface area contributed by atoms with E-state index in [1.165, 1.54) is 19.8 Å². The third kappa shape index (κ3) is 16.7. The van der Waals surface area contributed by atoms with Gasteiger partial charge in [-0.15, -0.1) is 0 Å². The summed E-state index contributed by atoms with van der Waals surface area (Å²) in [5.74, 6) is -2.71. The molecule has 66 heavy (non-hydrogen) atoms. The van der Waals surface area contributed by atoms with Gasteiger partial charge in [0, 0.05) is 52.5 Å². The van der Waals surface area contributed by atoms with Crippen molar-refractivity contribution in [1.29, 1.82) is 0 Å². The first kappa shape index (κ1) is 57.6. The lowest BCUT2D eigenvalue weighted by Gasteiger charge is -2.42. The Kier molecular flexibility index (Phi) is 25.0. The summed E-state index contributed by atoms with van der Waals surface area (Å²) in [5.41, 5.74) is 3.11. The minimum Gasteiger partial charge on any atom is -0.467 e. The number of methoxy groups -OCH3 is 3. The Morgan fingerprint density at radius 2 is 1.33 bits per heavy atom.